The fourth-order valence-corrected chi connectivity index (χ4v) is 1.91. The molecule has 130 valence electrons. The zero-order chi connectivity index (χ0) is 17.5. The minimum absolute atomic E-state index is 0.268. The largest absolute Gasteiger partial charge is 0.488 e. The average molecular weight is 323 g/mol. The number of carbonyl (C=O) groups excluding carboxylic acids is 1. The molecule has 1 aromatic rings. The third-order valence-electron chi connectivity index (χ3n) is 3.26. The highest BCUT2D eigenvalue weighted by Crippen LogP contribution is 2.21. The van der Waals surface area contributed by atoms with Gasteiger partial charge in [-0.05, 0) is 59.1 Å². The zero-order valence-electron chi connectivity index (χ0n) is 14.8. The van der Waals surface area contributed by atoms with Crippen LogP contribution in [0.15, 0.2) is 24.3 Å². The lowest BCUT2D eigenvalue weighted by atomic mass is 10.1. The summed E-state index contributed by atoms with van der Waals surface area (Å²) in [6.07, 6.45) is 0.360. The molecule has 0 radical (unpaired) electrons. The normalized spacial score (nSPS) is 14.0. The molecule has 0 saturated heterocycles. The van der Waals surface area contributed by atoms with Gasteiger partial charge in [-0.25, -0.2) is 4.79 Å². The first-order valence-corrected chi connectivity index (χ1v) is 8.08. The Kier molecular flexibility index (Phi) is 7.36. The van der Waals surface area contributed by atoms with Crippen LogP contribution in [0.3, 0.4) is 0 Å². The minimum atomic E-state index is -0.531. The van der Waals surface area contributed by atoms with Crippen LogP contribution in [-0.4, -0.2) is 35.6 Å². The van der Waals surface area contributed by atoms with Crippen LogP contribution in [0.4, 0.5) is 4.79 Å². The lowest BCUT2D eigenvalue weighted by Crippen LogP contribution is -2.33. The molecule has 0 unspecified atom stereocenters. The van der Waals surface area contributed by atoms with Gasteiger partial charge in [0, 0.05) is 6.54 Å². The number of hydrogen-bond donors (Lipinski definition) is 2. The third kappa shape index (κ3) is 7.88. The standard InChI is InChI=1S/C18H29NO4/c1-13(20)14(2)22-16-11-7-6-9-15(16)10-8-12-19-17(21)23-18(3,4)5/h6-7,9,11,13-14,20H,8,10,12H2,1-5H3,(H,19,21)/t13-,14-/m1/s1. The van der Waals surface area contributed by atoms with Crippen molar-refractivity contribution >= 4 is 6.09 Å². The fraction of sp³-hybridized carbons (Fsp3) is 0.611. The van der Waals surface area contributed by atoms with Gasteiger partial charge in [0.2, 0.25) is 0 Å². The number of ether oxygens (including phenoxy) is 2. The molecule has 2 N–H and O–H groups in total. The van der Waals surface area contributed by atoms with Crippen LogP contribution >= 0.6 is 0 Å². The molecule has 5 nitrogen and oxygen atoms in total. The van der Waals surface area contributed by atoms with E-state index < -0.39 is 17.8 Å². The summed E-state index contributed by atoms with van der Waals surface area (Å²) in [5.41, 5.74) is 0.577. The lowest BCUT2D eigenvalue weighted by Gasteiger charge is -2.20. The average Bonchev–Trinajstić information content (AvgIpc) is 2.43. The monoisotopic (exact) mass is 323 g/mol. The first-order chi connectivity index (χ1) is 10.7. The summed E-state index contributed by atoms with van der Waals surface area (Å²) in [5.74, 6) is 0.776. The van der Waals surface area contributed by atoms with Gasteiger partial charge < -0.3 is 19.9 Å². The number of para-hydroxylation sites is 1. The van der Waals surface area contributed by atoms with Crippen LogP contribution in [0.5, 0.6) is 5.75 Å². The van der Waals surface area contributed by atoms with Crippen LogP contribution in [0, 0.1) is 0 Å². The van der Waals surface area contributed by atoms with E-state index in [1.165, 1.54) is 0 Å². The molecule has 5 heteroatoms. The Morgan fingerprint density at radius 1 is 1.26 bits per heavy atom. The van der Waals surface area contributed by atoms with E-state index in [-0.39, 0.29) is 6.10 Å². The highest BCUT2D eigenvalue weighted by Gasteiger charge is 2.16. The van der Waals surface area contributed by atoms with Crippen LogP contribution in [0.1, 0.15) is 46.6 Å². The summed E-state index contributed by atoms with van der Waals surface area (Å²) in [7, 11) is 0. The van der Waals surface area contributed by atoms with Crippen molar-refractivity contribution in [3.05, 3.63) is 29.8 Å². The van der Waals surface area contributed by atoms with E-state index in [0.717, 1.165) is 24.2 Å². The highest BCUT2D eigenvalue weighted by atomic mass is 16.6. The van der Waals surface area contributed by atoms with Crippen molar-refractivity contribution in [2.45, 2.75) is 65.3 Å². The lowest BCUT2D eigenvalue weighted by molar-refractivity contribution is 0.0526. The van der Waals surface area contributed by atoms with Crippen molar-refractivity contribution in [3.63, 3.8) is 0 Å². The van der Waals surface area contributed by atoms with E-state index in [0.29, 0.717) is 6.54 Å². The summed E-state index contributed by atoms with van der Waals surface area (Å²) in [4.78, 5) is 11.6. The predicted molar refractivity (Wildman–Crippen MR) is 90.8 cm³/mol. The second-order valence-corrected chi connectivity index (χ2v) is 6.70. The van der Waals surface area contributed by atoms with Gasteiger partial charge in [-0.1, -0.05) is 18.2 Å². The number of nitrogens with one attached hydrogen (secondary N) is 1. The predicted octanol–water partition coefficient (Wildman–Crippen LogP) is 3.29. The quantitative estimate of drug-likeness (QED) is 0.756. The molecule has 0 bridgehead atoms. The van der Waals surface area contributed by atoms with Crippen molar-refractivity contribution in [1.82, 2.24) is 5.32 Å². The molecule has 1 aromatic carbocycles. The molecule has 0 aliphatic carbocycles. The number of amides is 1. The van der Waals surface area contributed by atoms with E-state index in [1.54, 1.807) is 6.92 Å². The number of rotatable bonds is 7. The van der Waals surface area contributed by atoms with Crippen molar-refractivity contribution in [2.75, 3.05) is 6.54 Å². The summed E-state index contributed by atoms with van der Waals surface area (Å²) in [5, 5.41) is 12.3. The summed E-state index contributed by atoms with van der Waals surface area (Å²) >= 11 is 0. The van der Waals surface area contributed by atoms with Gasteiger partial charge in [-0.3, -0.25) is 0 Å². The topological polar surface area (TPSA) is 67.8 Å². The Balaban J connectivity index is 2.45. The van der Waals surface area contributed by atoms with E-state index in [4.69, 9.17) is 9.47 Å². The molecule has 0 fully saturated rings. The van der Waals surface area contributed by atoms with E-state index in [2.05, 4.69) is 5.32 Å². The number of aryl methyl sites for hydroxylation is 1. The molecule has 1 amide bonds. The number of aliphatic hydroxyl groups is 1. The van der Waals surface area contributed by atoms with E-state index in [1.807, 2.05) is 52.0 Å². The Hall–Kier alpha value is -1.75. The highest BCUT2D eigenvalue weighted by molar-refractivity contribution is 5.67. The minimum Gasteiger partial charge on any atom is -0.488 e. The van der Waals surface area contributed by atoms with E-state index >= 15 is 0 Å². The molecule has 1 rings (SSSR count). The molecule has 0 heterocycles. The fourth-order valence-electron chi connectivity index (χ4n) is 1.91. The van der Waals surface area contributed by atoms with Gasteiger partial charge in [-0.2, -0.15) is 0 Å². The Morgan fingerprint density at radius 3 is 2.52 bits per heavy atom. The SMILES string of the molecule is C[C@@H](O)[C@@H](C)Oc1ccccc1CCCNC(=O)OC(C)(C)C. The first-order valence-electron chi connectivity index (χ1n) is 8.08. The van der Waals surface area contributed by atoms with Gasteiger partial charge in [0.25, 0.3) is 0 Å². The first kappa shape index (κ1) is 19.3. The zero-order valence-corrected chi connectivity index (χ0v) is 14.8. The molecule has 23 heavy (non-hydrogen) atoms. The Labute approximate surface area is 139 Å². The van der Waals surface area contributed by atoms with Crippen LogP contribution in [0.25, 0.3) is 0 Å². The van der Waals surface area contributed by atoms with Gasteiger partial charge in [0.1, 0.15) is 17.5 Å². The van der Waals surface area contributed by atoms with Gasteiger partial charge in [0.05, 0.1) is 6.10 Å². The smallest absolute Gasteiger partial charge is 0.407 e. The molecule has 0 spiro atoms. The molecule has 0 aliphatic rings. The third-order valence-corrected chi connectivity index (χ3v) is 3.26. The summed E-state index contributed by atoms with van der Waals surface area (Å²) in [6.45, 7) is 9.59. The molecule has 0 aromatic heterocycles. The van der Waals surface area contributed by atoms with Crippen LogP contribution in [0.2, 0.25) is 0 Å². The molecule has 0 saturated carbocycles. The maximum Gasteiger partial charge on any atom is 0.407 e. The Bertz CT molecular complexity index is 494. The number of hydrogen-bond acceptors (Lipinski definition) is 4. The number of aliphatic hydroxyl groups excluding tert-OH is 1. The maximum absolute atomic E-state index is 11.6. The summed E-state index contributed by atoms with van der Waals surface area (Å²) < 4.78 is 11.0. The maximum atomic E-state index is 11.6. The van der Waals surface area contributed by atoms with Crippen molar-refractivity contribution in [3.8, 4) is 5.75 Å². The second kappa shape index (κ2) is 8.77. The Morgan fingerprint density at radius 2 is 1.91 bits per heavy atom. The van der Waals surface area contributed by atoms with Crippen LogP contribution in [-0.2, 0) is 11.2 Å². The van der Waals surface area contributed by atoms with Crippen molar-refractivity contribution in [2.24, 2.45) is 0 Å². The van der Waals surface area contributed by atoms with Gasteiger partial charge >= 0.3 is 6.09 Å². The molecule has 0 aliphatic heterocycles. The van der Waals surface area contributed by atoms with Crippen molar-refractivity contribution < 1.29 is 19.4 Å². The van der Waals surface area contributed by atoms with E-state index in [9.17, 15) is 9.90 Å². The molecular weight excluding hydrogens is 294 g/mol. The molecular formula is C18H29NO4. The number of carbonyl (C=O) groups is 1. The second-order valence-electron chi connectivity index (χ2n) is 6.70. The van der Waals surface area contributed by atoms with Crippen molar-refractivity contribution in [1.29, 1.82) is 0 Å². The van der Waals surface area contributed by atoms with Crippen LogP contribution < -0.4 is 10.1 Å². The van der Waals surface area contributed by atoms with Gasteiger partial charge in [-0.15, -0.1) is 0 Å². The summed E-state index contributed by atoms with van der Waals surface area (Å²) in [6, 6.07) is 7.76. The number of benzene rings is 1. The van der Waals surface area contributed by atoms with Gasteiger partial charge in [0.15, 0.2) is 0 Å². The number of alkyl carbamates (subject to hydrolysis) is 1. The molecule has 2 atom stereocenters.